The van der Waals surface area contributed by atoms with E-state index in [1.165, 1.54) is 0 Å². The minimum Gasteiger partial charge on any atom is -0.437 e. The minimum absolute atomic E-state index is 0.329. The summed E-state index contributed by atoms with van der Waals surface area (Å²) in [6.45, 7) is 1.95. The monoisotopic (exact) mass is 252 g/mol. The highest BCUT2D eigenvalue weighted by atomic mass is 16.5. The Morgan fingerprint density at radius 2 is 1.95 bits per heavy atom. The van der Waals surface area contributed by atoms with E-state index in [2.05, 4.69) is 4.98 Å². The fourth-order valence-electron chi connectivity index (χ4n) is 1.95. The fourth-order valence-corrected chi connectivity index (χ4v) is 1.95. The highest BCUT2D eigenvalue weighted by Gasteiger charge is 2.13. The Balaban J connectivity index is 2.10. The van der Waals surface area contributed by atoms with Gasteiger partial charge in [0.1, 0.15) is 11.4 Å². The van der Waals surface area contributed by atoms with Gasteiger partial charge in [-0.15, -0.1) is 0 Å². The average molecular weight is 252 g/mol. The second-order valence-corrected chi connectivity index (χ2v) is 4.22. The number of aromatic nitrogens is 2. The van der Waals surface area contributed by atoms with Crippen LogP contribution in [0.25, 0.3) is 5.65 Å². The summed E-state index contributed by atoms with van der Waals surface area (Å²) in [4.78, 5) is 15.6. The number of nitrogens with zero attached hydrogens (tertiary/aromatic N) is 2. The van der Waals surface area contributed by atoms with Crippen LogP contribution in [0.2, 0.25) is 0 Å². The van der Waals surface area contributed by atoms with Crippen LogP contribution in [0.4, 0.5) is 0 Å². The van der Waals surface area contributed by atoms with Crippen molar-refractivity contribution in [1.82, 2.24) is 9.38 Å². The summed E-state index contributed by atoms with van der Waals surface area (Å²) in [6, 6.07) is 13.2. The van der Waals surface area contributed by atoms with Crippen LogP contribution in [0.1, 0.15) is 16.1 Å². The molecule has 0 saturated carbocycles. The molecule has 2 heterocycles. The van der Waals surface area contributed by atoms with E-state index < -0.39 is 0 Å². The van der Waals surface area contributed by atoms with Crippen molar-refractivity contribution in [3.63, 3.8) is 0 Å². The zero-order valence-corrected chi connectivity index (χ0v) is 10.4. The van der Waals surface area contributed by atoms with Crippen LogP contribution < -0.4 is 4.74 Å². The van der Waals surface area contributed by atoms with Crippen LogP contribution >= 0.6 is 0 Å². The molecule has 0 bridgehead atoms. The van der Waals surface area contributed by atoms with Crippen molar-refractivity contribution in [3.05, 3.63) is 59.9 Å². The second kappa shape index (κ2) is 4.57. The molecule has 0 radical (unpaired) electrons. The van der Waals surface area contributed by atoms with E-state index in [4.69, 9.17) is 4.74 Å². The lowest BCUT2D eigenvalue weighted by atomic mass is 10.2. The molecule has 0 amide bonds. The first-order chi connectivity index (χ1) is 9.29. The van der Waals surface area contributed by atoms with Crippen molar-refractivity contribution >= 4 is 11.9 Å². The summed E-state index contributed by atoms with van der Waals surface area (Å²) in [7, 11) is 0. The van der Waals surface area contributed by atoms with Gasteiger partial charge in [-0.2, -0.15) is 4.98 Å². The van der Waals surface area contributed by atoms with Crippen LogP contribution in [-0.2, 0) is 0 Å². The molecule has 2 aromatic heterocycles. The van der Waals surface area contributed by atoms with E-state index in [9.17, 15) is 4.79 Å². The van der Waals surface area contributed by atoms with Crippen LogP contribution in [-0.4, -0.2) is 15.7 Å². The molecule has 0 unspecified atom stereocenters. The van der Waals surface area contributed by atoms with E-state index >= 15 is 0 Å². The Morgan fingerprint density at radius 3 is 2.74 bits per heavy atom. The number of pyridine rings is 1. The summed E-state index contributed by atoms with van der Waals surface area (Å²) in [6.07, 6.45) is 2.55. The van der Waals surface area contributed by atoms with Gasteiger partial charge in [0.2, 0.25) is 5.88 Å². The van der Waals surface area contributed by atoms with Crippen molar-refractivity contribution in [2.45, 2.75) is 6.92 Å². The molecule has 4 heteroatoms. The Morgan fingerprint density at radius 1 is 1.16 bits per heavy atom. The molecule has 19 heavy (non-hydrogen) atoms. The summed E-state index contributed by atoms with van der Waals surface area (Å²) in [5.74, 6) is 1.03. The summed E-state index contributed by atoms with van der Waals surface area (Å²) in [5, 5.41) is 0. The zero-order valence-electron chi connectivity index (χ0n) is 10.4. The molecule has 94 valence electrons. The molecule has 0 aliphatic carbocycles. The molecular weight excluding hydrogens is 240 g/mol. The zero-order chi connectivity index (χ0) is 13.2. The van der Waals surface area contributed by atoms with Gasteiger partial charge in [0.25, 0.3) is 0 Å². The van der Waals surface area contributed by atoms with E-state index in [0.29, 0.717) is 23.0 Å². The molecular formula is C15H12N2O2. The predicted octanol–water partition coefficient (Wildman–Crippen LogP) is 3.25. The van der Waals surface area contributed by atoms with Gasteiger partial charge < -0.3 is 4.74 Å². The molecule has 0 aliphatic heterocycles. The van der Waals surface area contributed by atoms with Gasteiger partial charge in [0.05, 0.1) is 0 Å². The number of carbonyl (C=O) groups is 1. The normalized spacial score (nSPS) is 10.6. The number of rotatable bonds is 3. The van der Waals surface area contributed by atoms with E-state index in [1.54, 1.807) is 10.6 Å². The first kappa shape index (κ1) is 11.5. The lowest BCUT2D eigenvalue weighted by Gasteiger charge is -2.05. The van der Waals surface area contributed by atoms with E-state index in [-0.39, 0.29) is 0 Å². The summed E-state index contributed by atoms with van der Waals surface area (Å²) >= 11 is 0. The van der Waals surface area contributed by atoms with Crippen molar-refractivity contribution in [2.24, 2.45) is 0 Å². The summed E-state index contributed by atoms with van der Waals surface area (Å²) in [5.41, 5.74) is 2.10. The number of hydrogen-bond acceptors (Lipinski definition) is 3. The van der Waals surface area contributed by atoms with Gasteiger partial charge in [0, 0.05) is 6.20 Å². The molecule has 4 nitrogen and oxygen atoms in total. The number of hydrogen-bond donors (Lipinski definition) is 0. The predicted molar refractivity (Wildman–Crippen MR) is 71.8 cm³/mol. The van der Waals surface area contributed by atoms with Crippen molar-refractivity contribution in [2.75, 3.05) is 0 Å². The fraction of sp³-hybridized carbons (Fsp3) is 0.0667. The Kier molecular flexibility index (Phi) is 2.76. The van der Waals surface area contributed by atoms with Gasteiger partial charge in [0.15, 0.2) is 12.0 Å². The SMILES string of the molecule is Cc1ccccc1Oc1nc2ccccn2c1C=O. The van der Waals surface area contributed by atoms with Gasteiger partial charge in [-0.1, -0.05) is 24.3 Å². The molecule has 3 rings (SSSR count). The third-order valence-electron chi connectivity index (χ3n) is 2.94. The Hall–Kier alpha value is -2.62. The number of fused-ring (bicyclic) bond motifs is 1. The van der Waals surface area contributed by atoms with Gasteiger partial charge in [-0.3, -0.25) is 9.20 Å². The largest absolute Gasteiger partial charge is 0.437 e. The first-order valence-electron chi connectivity index (χ1n) is 5.95. The number of para-hydroxylation sites is 1. The van der Waals surface area contributed by atoms with Crippen molar-refractivity contribution in [1.29, 1.82) is 0 Å². The molecule has 0 fully saturated rings. The molecule has 0 N–H and O–H groups in total. The molecule has 0 atom stereocenters. The van der Waals surface area contributed by atoms with Gasteiger partial charge >= 0.3 is 0 Å². The lowest BCUT2D eigenvalue weighted by molar-refractivity contribution is 0.111. The van der Waals surface area contributed by atoms with Crippen LogP contribution in [0.3, 0.4) is 0 Å². The smallest absolute Gasteiger partial charge is 0.249 e. The van der Waals surface area contributed by atoms with Gasteiger partial charge in [-0.25, -0.2) is 0 Å². The van der Waals surface area contributed by atoms with Crippen LogP contribution in [0.5, 0.6) is 11.6 Å². The number of ether oxygens (including phenoxy) is 1. The lowest BCUT2D eigenvalue weighted by Crippen LogP contribution is -1.93. The molecule has 0 spiro atoms. The maximum atomic E-state index is 11.2. The third kappa shape index (κ3) is 1.97. The van der Waals surface area contributed by atoms with Crippen LogP contribution in [0, 0.1) is 6.92 Å². The molecule has 0 aliphatic rings. The number of aryl methyl sites for hydroxylation is 1. The number of aldehydes is 1. The minimum atomic E-state index is 0.329. The maximum Gasteiger partial charge on any atom is 0.249 e. The highest BCUT2D eigenvalue weighted by Crippen LogP contribution is 2.26. The highest BCUT2D eigenvalue weighted by molar-refractivity contribution is 5.78. The van der Waals surface area contributed by atoms with Crippen LogP contribution in [0.15, 0.2) is 48.7 Å². The average Bonchev–Trinajstić information content (AvgIpc) is 2.78. The second-order valence-electron chi connectivity index (χ2n) is 4.22. The molecule has 0 saturated heterocycles. The van der Waals surface area contributed by atoms with E-state index in [0.717, 1.165) is 11.8 Å². The third-order valence-corrected chi connectivity index (χ3v) is 2.94. The van der Waals surface area contributed by atoms with Gasteiger partial charge in [-0.05, 0) is 30.7 Å². The standard InChI is InChI=1S/C15H12N2O2/c1-11-6-2-3-7-13(11)19-15-12(10-18)17-9-5-4-8-14(17)16-15/h2-10H,1H3. The molecule has 3 aromatic rings. The Labute approximate surface area is 110 Å². The number of imidazole rings is 1. The van der Waals surface area contributed by atoms with Crippen molar-refractivity contribution in [3.8, 4) is 11.6 Å². The number of benzene rings is 1. The Bertz CT molecular complexity index is 747. The molecule has 1 aromatic carbocycles. The van der Waals surface area contributed by atoms with E-state index in [1.807, 2.05) is 49.4 Å². The maximum absolute atomic E-state index is 11.2. The summed E-state index contributed by atoms with van der Waals surface area (Å²) < 4.78 is 7.46. The quantitative estimate of drug-likeness (QED) is 0.672. The number of carbonyl (C=O) groups excluding carboxylic acids is 1. The first-order valence-corrected chi connectivity index (χ1v) is 5.95. The van der Waals surface area contributed by atoms with Crippen molar-refractivity contribution < 1.29 is 9.53 Å². The topological polar surface area (TPSA) is 43.6 Å².